The zero-order valence-electron chi connectivity index (χ0n) is 11.3. The summed E-state index contributed by atoms with van der Waals surface area (Å²) < 4.78 is 0. The van der Waals surface area contributed by atoms with Gasteiger partial charge < -0.3 is 15.5 Å². The lowest BCUT2D eigenvalue weighted by Crippen LogP contribution is -2.35. The van der Waals surface area contributed by atoms with E-state index in [1.54, 1.807) is 13.8 Å². The molecule has 3 N–H and O–H groups in total. The number of carboxylic acid groups (broad SMARTS) is 1. The molecule has 0 aliphatic heterocycles. The van der Waals surface area contributed by atoms with Crippen molar-refractivity contribution in [1.82, 2.24) is 4.98 Å². The Morgan fingerprint density at radius 1 is 1.50 bits per heavy atom. The molecule has 0 saturated heterocycles. The number of nitrogens with zero attached hydrogens (tertiary/aromatic N) is 2. The van der Waals surface area contributed by atoms with Crippen LogP contribution in [-0.2, 0) is 0 Å². The van der Waals surface area contributed by atoms with E-state index in [1.165, 1.54) is 0 Å². The molecule has 0 amide bonds. The van der Waals surface area contributed by atoms with Gasteiger partial charge in [-0.15, -0.1) is 0 Å². The Morgan fingerprint density at radius 3 is 2.55 bits per heavy atom. The van der Waals surface area contributed by atoms with Crippen LogP contribution in [0.3, 0.4) is 0 Å². The number of rotatable bonds is 7. The molecule has 0 spiro atoms. The third kappa shape index (κ3) is 3.64. The predicted octanol–water partition coefficient (Wildman–Crippen LogP) is 1.65. The smallest absolute Gasteiger partial charge is 0.337 e. The predicted molar refractivity (Wildman–Crippen MR) is 71.9 cm³/mol. The van der Waals surface area contributed by atoms with Gasteiger partial charge in [0, 0.05) is 18.8 Å². The van der Waals surface area contributed by atoms with E-state index in [0.717, 1.165) is 12.3 Å². The maximum absolute atomic E-state index is 10.9. The molecule has 20 heavy (non-hydrogen) atoms. The average Bonchev–Trinajstić information content (AvgIpc) is 2.44. The second kappa shape index (κ2) is 6.29. The molecule has 0 radical (unpaired) electrons. The largest absolute Gasteiger partial charge is 0.478 e. The first-order valence-electron chi connectivity index (χ1n) is 6.17. The van der Waals surface area contributed by atoms with Gasteiger partial charge in [-0.1, -0.05) is 13.8 Å². The van der Waals surface area contributed by atoms with Crippen molar-refractivity contribution in [2.45, 2.75) is 32.3 Å². The molecule has 0 aromatic carbocycles. The van der Waals surface area contributed by atoms with Crippen LogP contribution in [0.25, 0.3) is 0 Å². The summed E-state index contributed by atoms with van der Waals surface area (Å²) in [7, 11) is 0. The van der Waals surface area contributed by atoms with Crippen LogP contribution in [0.1, 0.15) is 37.0 Å². The van der Waals surface area contributed by atoms with E-state index in [2.05, 4.69) is 10.3 Å². The molecular formula is C12H17N3O5. The lowest BCUT2D eigenvalue weighted by Gasteiger charge is -2.25. The molecule has 8 nitrogen and oxygen atoms in total. The number of aromatic carboxylic acids is 1. The minimum Gasteiger partial charge on any atom is -0.478 e. The van der Waals surface area contributed by atoms with E-state index < -0.39 is 22.2 Å². The Hall–Kier alpha value is -2.22. The molecule has 1 aromatic heterocycles. The molecule has 1 aromatic rings. The van der Waals surface area contributed by atoms with Gasteiger partial charge >= 0.3 is 11.7 Å². The number of aliphatic hydroxyl groups is 1. The van der Waals surface area contributed by atoms with Gasteiger partial charge in [0.25, 0.3) is 0 Å². The van der Waals surface area contributed by atoms with E-state index in [4.69, 9.17) is 5.11 Å². The van der Waals surface area contributed by atoms with Crippen molar-refractivity contribution in [3.05, 3.63) is 27.9 Å². The first kappa shape index (κ1) is 15.8. The fraction of sp³-hybridized carbons (Fsp3) is 0.500. The Balaban J connectivity index is 3.01. The maximum atomic E-state index is 10.9. The van der Waals surface area contributed by atoms with Crippen molar-refractivity contribution in [3.63, 3.8) is 0 Å². The molecule has 8 heteroatoms. The third-order valence-corrected chi connectivity index (χ3v) is 3.21. The van der Waals surface area contributed by atoms with Gasteiger partial charge in [-0.25, -0.2) is 9.78 Å². The summed E-state index contributed by atoms with van der Waals surface area (Å²) >= 11 is 0. The van der Waals surface area contributed by atoms with Crippen molar-refractivity contribution in [3.8, 4) is 0 Å². The first-order valence-corrected chi connectivity index (χ1v) is 6.17. The molecule has 0 aliphatic rings. The van der Waals surface area contributed by atoms with Crippen LogP contribution in [0.2, 0.25) is 0 Å². The van der Waals surface area contributed by atoms with Gasteiger partial charge in [-0.3, -0.25) is 10.1 Å². The summed E-state index contributed by atoms with van der Waals surface area (Å²) in [6.07, 6.45) is 2.00. The quantitative estimate of drug-likeness (QED) is 0.513. The van der Waals surface area contributed by atoms with E-state index >= 15 is 0 Å². The normalized spacial score (nSPS) is 11.2. The Labute approximate surface area is 115 Å². The maximum Gasteiger partial charge on any atom is 0.337 e. The van der Waals surface area contributed by atoms with Crippen molar-refractivity contribution < 1.29 is 19.9 Å². The van der Waals surface area contributed by atoms with E-state index in [0.29, 0.717) is 12.8 Å². The van der Waals surface area contributed by atoms with Crippen molar-refractivity contribution >= 4 is 17.5 Å². The second-order valence-electron chi connectivity index (χ2n) is 4.44. The number of pyridine rings is 1. The van der Waals surface area contributed by atoms with Crippen molar-refractivity contribution in [2.24, 2.45) is 0 Å². The standard InChI is InChI=1S/C12H17N3O5/c1-3-12(18,4-2)7-14-10-9(15(19)20)5-8(6-13-10)11(16)17/h5-6,18H,3-4,7H2,1-2H3,(H,13,14)(H,16,17). The van der Waals surface area contributed by atoms with Crippen molar-refractivity contribution in [1.29, 1.82) is 0 Å². The van der Waals surface area contributed by atoms with Crippen LogP contribution in [0, 0.1) is 10.1 Å². The molecule has 0 saturated carbocycles. The van der Waals surface area contributed by atoms with Crippen LogP contribution in [0.5, 0.6) is 0 Å². The molecule has 0 bridgehead atoms. The van der Waals surface area contributed by atoms with Gasteiger partial charge in [0.1, 0.15) is 0 Å². The number of carboxylic acids is 1. The number of nitrogens with one attached hydrogen (secondary N) is 1. The number of hydrogen-bond acceptors (Lipinski definition) is 6. The minimum absolute atomic E-state index is 0.0553. The summed E-state index contributed by atoms with van der Waals surface area (Å²) in [5.41, 5.74) is -1.68. The van der Waals surface area contributed by atoms with E-state index in [9.17, 15) is 20.0 Å². The molecule has 110 valence electrons. The Kier molecular flexibility index (Phi) is 4.98. The molecule has 0 aliphatic carbocycles. The van der Waals surface area contributed by atoms with Gasteiger partial charge in [0.2, 0.25) is 5.82 Å². The Bertz CT molecular complexity index is 514. The van der Waals surface area contributed by atoms with Crippen LogP contribution in [0.4, 0.5) is 11.5 Å². The number of anilines is 1. The minimum atomic E-state index is -1.29. The number of nitro groups is 1. The highest BCUT2D eigenvalue weighted by Gasteiger charge is 2.25. The molecule has 0 fully saturated rings. The third-order valence-electron chi connectivity index (χ3n) is 3.21. The Morgan fingerprint density at radius 2 is 2.10 bits per heavy atom. The number of carbonyl (C=O) groups is 1. The fourth-order valence-electron chi connectivity index (χ4n) is 1.59. The van der Waals surface area contributed by atoms with Gasteiger partial charge in [0.05, 0.1) is 16.1 Å². The summed E-state index contributed by atoms with van der Waals surface area (Å²) in [6.45, 7) is 3.71. The second-order valence-corrected chi connectivity index (χ2v) is 4.44. The molecule has 1 rings (SSSR count). The van der Waals surface area contributed by atoms with Gasteiger partial charge in [0.15, 0.2) is 0 Å². The van der Waals surface area contributed by atoms with Crippen LogP contribution < -0.4 is 5.32 Å². The highest BCUT2D eigenvalue weighted by Crippen LogP contribution is 2.24. The molecule has 0 atom stereocenters. The summed E-state index contributed by atoms with van der Waals surface area (Å²) in [4.78, 5) is 24.7. The SMILES string of the molecule is CCC(O)(CC)CNc1ncc(C(=O)O)cc1[N+](=O)[O-]. The highest BCUT2D eigenvalue weighted by atomic mass is 16.6. The number of hydrogen-bond donors (Lipinski definition) is 3. The van der Waals surface area contributed by atoms with E-state index in [1.807, 2.05) is 0 Å². The molecule has 1 heterocycles. The lowest BCUT2D eigenvalue weighted by molar-refractivity contribution is -0.384. The average molecular weight is 283 g/mol. The fourth-order valence-corrected chi connectivity index (χ4v) is 1.59. The zero-order valence-corrected chi connectivity index (χ0v) is 11.3. The van der Waals surface area contributed by atoms with Crippen molar-refractivity contribution in [2.75, 3.05) is 11.9 Å². The van der Waals surface area contributed by atoms with Gasteiger partial charge in [-0.2, -0.15) is 0 Å². The summed E-state index contributed by atoms with van der Waals surface area (Å²) in [5, 5.41) is 32.5. The summed E-state index contributed by atoms with van der Waals surface area (Å²) in [5.74, 6) is -1.34. The monoisotopic (exact) mass is 283 g/mol. The van der Waals surface area contributed by atoms with Crippen LogP contribution >= 0.6 is 0 Å². The first-order chi connectivity index (χ1) is 9.33. The summed E-state index contributed by atoms with van der Waals surface area (Å²) in [6, 6.07) is 0.939. The molecule has 0 unspecified atom stereocenters. The highest BCUT2D eigenvalue weighted by molar-refractivity contribution is 5.88. The number of aromatic nitrogens is 1. The van der Waals surface area contributed by atoms with Crippen LogP contribution in [0.15, 0.2) is 12.3 Å². The lowest BCUT2D eigenvalue weighted by atomic mass is 9.98. The van der Waals surface area contributed by atoms with Crippen LogP contribution in [-0.4, -0.2) is 38.2 Å². The van der Waals surface area contributed by atoms with E-state index in [-0.39, 0.29) is 17.9 Å². The topological polar surface area (TPSA) is 126 Å². The van der Waals surface area contributed by atoms with Gasteiger partial charge in [-0.05, 0) is 12.8 Å². The zero-order chi connectivity index (χ0) is 15.3. The molecular weight excluding hydrogens is 266 g/mol.